The largest absolute Gasteiger partial charge is 0.493 e. The van der Waals surface area contributed by atoms with E-state index >= 15 is 0 Å². The Balaban J connectivity index is 1.77. The first-order valence-electron chi connectivity index (χ1n) is 9.81. The van der Waals surface area contributed by atoms with Crippen LogP contribution in [0.15, 0.2) is 53.4 Å². The van der Waals surface area contributed by atoms with Crippen LogP contribution in [0.25, 0.3) is 0 Å². The molecule has 0 radical (unpaired) electrons. The Morgan fingerprint density at radius 1 is 1.16 bits per heavy atom. The standard InChI is InChI=1S/C22H22ClFN2O4S/c23-20-3-1-2-4-21(20)31(28,29)19-11-15(13-22(27)26-10-9-25)16(12-19)14-30-18-7-5-17(24)6-8-18/h1-8,15-16,19H,10-14H2,(H,26,27)/t15?,16-,19-/m0/s1. The van der Waals surface area contributed by atoms with Gasteiger partial charge in [0.05, 0.1) is 27.8 Å². The van der Waals surface area contributed by atoms with Crippen molar-refractivity contribution < 1.29 is 22.3 Å². The van der Waals surface area contributed by atoms with Gasteiger partial charge in [0.1, 0.15) is 18.1 Å². The third-order valence-electron chi connectivity index (χ3n) is 5.47. The molecule has 1 unspecified atom stereocenters. The van der Waals surface area contributed by atoms with E-state index in [0.29, 0.717) is 12.2 Å². The Hall–Kier alpha value is -2.63. The Morgan fingerprint density at radius 2 is 1.84 bits per heavy atom. The van der Waals surface area contributed by atoms with Gasteiger partial charge in [0.25, 0.3) is 0 Å². The van der Waals surface area contributed by atoms with Crippen LogP contribution in [-0.4, -0.2) is 32.7 Å². The van der Waals surface area contributed by atoms with Gasteiger partial charge in [0.2, 0.25) is 5.91 Å². The predicted molar refractivity (Wildman–Crippen MR) is 114 cm³/mol. The molecular formula is C22H22ClFN2O4S. The Bertz CT molecular complexity index is 1070. The second-order valence-corrected chi connectivity index (χ2v) is 10.1. The van der Waals surface area contributed by atoms with Crippen LogP contribution >= 0.6 is 11.6 Å². The molecule has 1 N–H and O–H groups in total. The Labute approximate surface area is 185 Å². The molecule has 0 bridgehead atoms. The van der Waals surface area contributed by atoms with Gasteiger partial charge in [-0.3, -0.25) is 4.79 Å². The zero-order valence-electron chi connectivity index (χ0n) is 16.6. The fourth-order valence-electron chi connectivity index (χ4n) is 3.90. The average Bonchev–Trinajstić information content (AvgIpc) is 3.15. The molecule has 1 amide bonds. The highest BCUT2D eigenvalue weighted by Gasteiger charge is 2.43. The third kappa shape index (κ3) is 5.75. The highest BCUT2D eigenvalue weighted by Crippen LogP contribution is 2.41. The lowest BCUT2D eigenvalue weighted by Crippen LogP contribution is -2.28. The summed E-state index contributed by atoms with van der Waals surface area (Å²) in [7, 11) is -3.70. The highest BCUT2D eigenvalue weighted by atomic mass is 35.5. The van der Waals surface area contributed by atoms with Gasteiger partial charge in [0, 0.05) is 6.42 Å². The Morgan fingerprint density at radius 3 is 2.52 bits per heavy atom. The summed E-state index contributed by atoms with van der Waals surface area (Å²) in [6.07, 6.45) is 0.684. The van der Waals surface area contributed by atoms with Crippen LogP contribution in [0.5, 0.6) is 5.75 Å². The fourth-order valence-corrected chi connectivity index (χ4v) is 6.33. The number of hydrogen-bond donors (Lipinski definition) is 1. The normalized spacial score (nSPS) is 20.7. The van der Waals surface area contributed by atoms with E-state index in [9.17, 15) is 17.6 Å². The van der Waals surface area contributed by atoms with Crippen LogP contribution < -0.4 is 10.1 Å². The van der Waals surface area contributed by atoms with Gasteiger partial charge < -0.3 is 10.1 Å². The topological polar surface area (TPSA) is 96.3 Å². The maximum Gasteiger partial charge on any atom is 0.221 e. The molecule has 1 saturated carbocycles. The zero-order valence-corrected chi connectivity index (χ0v) is 18.2. The number of benzene rings is 2. The molecule has 0 spiro atoms. The molecule has 31 heavy (non-hydrogen) atoms. The lowest BCUT2D eigenvalue weighted by Gasteiger charge is -2.19. The van der Waals surface area contributed by atoms with Gasteiger partial charge in [-0.15, -0.1) is 0 Å². The summed E-state index contributed by atoms with van der Waals surface area (Å²) in [5, 5.41) is 10.6. The number of rotatable bonds is 8. The minimum absolute atomic E-state index is 0.0782. The maximum atomic E-state index is 13.2. The fraction of sp³-hybridized carbons (Fsp3) is 0.364. The van der Waals surface area contributed by atoms with E-state index in [1.54, 1.807) is 12.1 Å². The molecule has 0 aliphatic heterocycles. The molecule has 2 aromatic carbocycles. The number of nitrogens with one attached hydrogen (secondary N) is 1. The van der Waals surface area contributed by atoms with Crippen molar-refractivity contribution >= 4 is 27.3 Å². The molecule has 9 heteroatoms. The van der Waals surface area contributed by atoms with Gasteiger partial charge >= 0.3 is 0 Å². The number of hydrogen-bond acceptors (Lipinski definition) is 5. The second kappa shape index (κ2) is 10.1. The molecule has 1 aliphatic carbocycles. The van der Waals surface area contributed by atoms with E-state index in [4.69, 9.17) is 21.6 Å². The van der Waals surface area contributed by atoms with Crippen molar-refractivity contribution in [1.82, 2.24) is 5.32 Å². The van der Waals surface area contributed by atoms with Crippen molar-refractivity contribution in [3.05, 3.63) is 59.4 Å². The van der Waals surface area contributed by atoms with Gasteiger partial charge in [-0.05, 0) is 61.1 Å². The lowest BCUT2D eigenvalue weighted by molar-refractivity contribution is -0.122. The molecule has 1 aliphatic rings. The van der Waals surface area contributed by atoms with E-state index < -0.39 is 15.1 Å². The van der Waals surface area contributed by atoms with E-state index in [1.165, 1.54) is 36.4 Å². The summed E-state index contributed by atoms with van der Waals surface area (Å²) in [6.45, 7) is 0.0834. The van der Waals surface area contributed by atoms with Crippen LogP contribution in [0.4, 0.5) is 4.39 Å². The van der Waals surface area contributed by atoms with Crippen LogP contribution in [0, 0.1) is 29.0 Å². The van der Waals surface area contributed by atoms with E-state index in [-0.39, 0.29) is 59.5 Å². The van der Waals surface area contributed by atoms with Crippen molar-refractivity contribution in [1.29, 1.82) is 5.26 Å². The van der Waals surface area contributed by atoms with Crippen LogP contribution in [0.3, 0.4) is 0 Å². The number of amides is 1. The van der Waals surface area contributed by atoms with Crippen molar-refractivity contribution in [2.45, 2.75) is 29.4 Å². The number of halogens is 2. The first-order valence-corrected chi connectivity index (χ1v) is 11.7. The minimum Gasteiger partial charge on any atom is -0.493 e. The monoisotopic (exact) mass is 464 g/mol. The van der Waals surface area contributed by atoms with Crippen molar-refractivity contribution in [3.8, 4) is 11.8 Å². The number of nitrogens with zero attached hydrogens (tertiary/aromatic N) is 1. The van der Waals surface area contributed by atoms with Gasteiger partial charge in [-0.25, -0.2) is 12.8 Å². The van der Waals surface area contributed by atoms with Crippen molar-refractivity contribution in [2.75, 3.05) is 13.2 Å². The second-order valence-electron chi connectivity index (χ2n) is 7.49. The number of carbonyl (C=O) groups excluding carboxylic acids is 1. The van der Waals surface area contributed by atoms with E-state index in [1.807, 2.05) is 6.07 Å². The smallest absolute Gasteiger partial charge is 0.221 e. The van der Waals surface area contributed by atoms with Gasteiger partial charge in [-0.2, -0.15) is 5.26 Å². The molecule has 6 nitrogen and oxygen atoms in total. The summed E-state index contributed by atoms with van der Waals surface area (Å²) in [5.41, 5.74) is 0. The average molecular weight is 465 g/mol. The van der Waals surface area contributed by atoms with E-state index in [2.05, 4.69) is 5.32 Å². The number of sulfone groups is 1. The van der Waals surface area contributed by atoms with Crippen LogP contribution in [0.1, 0.15) is 19.3 Å². The number of ether oxygens (including phenoxy) is 1. The molecule has 3 rings (SSSR count). The Kier molecular flexibility index (Phi) is 7.52. The molecule has 2 aromatic rings. The van der Waals surface area contributed by atoms with Gasteiger partial charge in [-0.1, -0.05) is 23.7 Å². The van der Waals surface area contributed by atoms with Gasteiger partial charge in [0.15, 0.2) is 9.84 Å². The summed E-state index contributed by atoms with van der Waals surface area (Å²) >= 11 is 6.13. The van der Waals surface area contributed by atoms with Crippen LogP contribution in [-0.2, 0) is 14.6 Å². The SMILES string of the molecule is N#CCNC(=O)CC1C[C@H](S(=O)(=O)c2ccccc2Cl)C[C@H]1COc1ccc(F)cc1. The maximum absolute atomic E-state index is 13.2. The lowest BCUT2D eigenvalue weighted by atomic mass is 9.93. The summed E-state index contributed by atoms with van der Waals surface area (Å²) in [6, 6.07) is 13.7. The first kappa shape index (κ1) is 23.0. The van der Waals surface area contributed by atoms with Crippen LogP contribution in [0.2, 0.25) is 5.02 Å². The molecular weight excluding hydrogens is 443 g/mol. The predicted octanol–water partition coefficient (Wildman–Crippen LogP) is 3.76. The van der Waals surface area contributed by atoms with E-state index in [0.717, 1.165) is 0 Å². The summed E-state index contributed by atoms with van der Waals surface area (Å²) in [4.78, 5) is 12.3. The highest BCUT2D eigenvalue weighted by molar-refractivity contribution is 7.92. The number of nitriles is 1. The minimum atomic E-state index is -3.70. The van der Waals surface area contributed by atoms with Crippen molar-refractivity contribution in [2.24, 2.45) is 11.8 Å². The molecule has 164 valence electrons. The quantitative estimate of drug-likeness (QED) is 0.600. The van der Waals surface area contributed by atoms with Crippen molar-refractivity contribution in [3.63, 3.8) is 0 Å². The molecule has 0 aromatic heterocycles. The molecule has 0 heterocycles. The summed E-state index contributed by atoms with van der Waals surface area (Å²) in [5.74, 6) is -0.687. The molecule has 3 atom stereocenters. The third-order valence-corrected chi connectivity index (χ3v) is 8.14. The first-order chi connectivity index (χ1) is 14.8. The zero-order chi connectivity index (χ0) is 22.4. The molecule has 0 saturated heterocycles. The summed E-state index contributed by atoms with van der Waals surface area (Å²) < 4.78 is 45.3. The number of carbonyl (C=O) groups is 1. The molecule has 1 fully saturated rings.